The van der Waals surface area contributed by atoms with Crippen LogP contribution in [0.1, 0.15) is 25.3 Å². The van der Waals surface area contributed by atoms with Gasteiger partial charge in [0.25, 0.3) is 0 Å². The van der Waals surface area contributed by atoms with Gasteiger partial charge in [0, 0.05) is 11.6 Å². The molecule has 1 aromatic carbocycles. The first-order valence-corrected chi connectivity index (χ1v) is 5.03. The summed E-state index contributed by atoms with van der Waals surface area (Å²) in [6, 6.07) is 7.78. The molecule has 72 valence electrons. The summed E-state index contributed by atoms with van der Waals surface area (Å²) in [6.07, 6.45) is 2.30. The topological polar surface area (TPSA) is 9.23 Å². The summed E-state index contributed by atoms with van der Waals surface area (Å²) in [5, 5.41) is 0.775. The van der Waals surface area contributed by atoms with E-state index in [2.05, 4.69) is 6.92 Å². The molecule has 0 saturated heterocycles. The van der Waals surface area contributed by atoms with Crippen LogP contribution in [0.25, 0.3) is 0 Å². The van der Waals surface area contributed by atoms with E-state index in [9.17, 15) is 0 Å². The van der Waals surface area contributed by atoms with Crippen LogP contribution >= 0.6 is 11.6 Å². The number of halogens is 1. The third-order valence-corrected chi connectivity index (χ3v) is 2.04. The maximum absolute atomic E-state index is 5.83. The van der Waals surface area contributed by atoms with Crippen LogP contribution in [0, 0.1) is 0 Å². The molecular weight excluding hydrogens is 184 g/mol. The molecule has 0 amide bonds. The molecule has 0 aliphatic rings. The molecule has 0 N–H and O–H groups in total. The van der Waals surface area contributed by atoms with Gasteiger partial charge in [-0.2, -0.15) is 0 Å². The zero-order chi connectivity index (χ0) is 9.52. The van der Waals surface area contributed by atoms with Crippen LogP contribution in [-0.2, 0) is 11.3 Å². The maximum atomic E-state index is 5.83. The lowest BCUT2D eigenvalue weighted by molar-refractivity contribution is 0.118. The number of unbranched alkanes of at least 4 members (excludes halogenated alkanes) is 1. The number of benzene rings is 1. The van der Waals surface area contributed by atoms with E-state index in [0.717, 1.165) is 23.6 Å². The van der Waals surface area contributed by atoms with Gasteiger partial charge in [0.2, 0.25) is 0 Å². The summed E-state index contributed by atoms with van der Waals surface area (Å²) in [5.74, 6) is 0. The normalized spacial score (nSPS) is 10.3. The van der Waals surface area contributed by atoms with Gasteiger partial charge in [-0.1, -0.05) is 37.1 Å². The molecule has 0 aliphatic carbocycles. The highest BCUT2D eigenvalue weighted by molar-refractivity contribution is 6.30. The molecule has 0 bridgehead atoms. The zero-order valence-electron chi connectivity index (χ0n) is 7.92. The van der Waals surface area contributed by atoms with Crippen LogP contribution in [0.4, 0.5) is 0 Å². The van der Waals surface area contributed by atoms with Crippen molar-refractivity contribution in [3.05, 3.63) is 34.9 Å². The molecule has 0 aromatic heterocycles. The average molecular weight is 199 g/mol. The van der Waals surface area contributed by atoms with Crippen molar-refractivity contribution in [1.29, 1.82) is 0 Å². The Labute approximate surface area is 84.7 Å². The van der Waals surface area contributed by atoms with E-state index in [-0.39, 0.29) is 0 Å². The summed E-state index contributed by atoms with van der Waals surface area (Å²) >= 11 is 5.83. The summed E-state index contributed by atoms with van der Waals surface area (Å²) < 4.78 is 5.46. The Balaban J connectivity index is 2.28. The van der Waals surface area contributed by atoms with E-state index >= 15 is 0 Å². The van der Waals surface area contributed by atoms with Crippen LogP contribution < -0.4 is 0 Å². The number of hydrogen-bond donors (Lipinski definition) is 0. The average Bonchev–Trinajstić information content (AvgIpc) is 2.13. The minimum Gasteiger partial charge on any atom is -0.377 e. The Morgan fingerprint density at radius 1 is 1.38 bits per heavy atom. The third kappa shape index (κ3) is 4.30. The highest BCUT2D eigenvalue weighted by Gasteiger charge is 1.93. The van der Waals surface area contributed by atoms with Crippen LogP contribution in [0.5, 0.6) is 0 Å². The second kappa shape index (κ2) is 6.01. The summed E-state index contributed by atoms with van der Waals surface area (Å²) in [4.78, 5) is 0. The molecule has 0 atom stereocenters. The predicted octanol–water partition coefficient (Wildman–Crippen LogP) is 3.66. The predicted molar refractivity (Wildman–Crippen MR) is 56.0 cm³/mol. The fraction of sp³-hybridized carbons (Fsp3) is 0.455. The molecule has 0 spiro atoms. The van der Waals surface area contributed by atoms with E-state index in [1.807, 2.05) is 24.3 Å². The van der Waals surface area contributed by atoms with Gasteiger partial charge >= 0.3 is 0 Å². The zero-order valence-corrected chi connectivity index (χ0v) is 8.68. The molecular formula is C11H15ClO. The first-order chi connectivity index (χ1) is 6.33. The minimum atomic E-state index is 0.667. The van der Waals surface area contributed by atoms with E-state index < -0.39 is 0 Å². The smallest absolute Gasteiger partial charge is 0.0717 e. The van der Waals surface area contributed by atoms with Crippen molar-refractivity contribution in [2.45, 2.75) is 26.4 Å². The molecule has 0 saturated carbocycles. The maximum Gasteiger partial charge on any atom is 0.0717 e. The highest BCUT2D eigenvalue weighted by Crippen LogP contribution is 2.11. The van der Waals surface area contributed by atoms with Gasteiger partial charge in [-0.25, -0.2) is 0 Å². The van der Waals surface area contributed by atoms with Gasteiger partial charge in [0.05, 0.1) is 6.61 Å². The largest absolute Gasteiger partial charge is 0.377 e. The van der Waals surface area contributed by atoms with Gasteiger partial charge in [-0.05, 0) is 24.1 Å². The lowest BCUT2D eigenvalue weighted by atomic mass is 10.2. The molecule has 1 rings (SSSR count). The van der Waals surface area contributed by atoms with E-state index in [1.54, 1.807) is 0 Å². The van der Waals surface area contributed by atoms with E-state index in [4.69, 9.17) is 16.3 Å². The Kier molecular flexibility index (Phi) is 4.87. The summed E-state index contributed by atoms with van der Waals surface area (Å²) in [5.41, 5.74) is 1.14. The second-order valence-electron chi connectivity index (χ2n) is 3.04. The number of rotatable bonds is 5. The quantitative estimate of drug-likeness (QED) is 0.657. The molecule has 1 nitrogen and oxygen atoms in total. The molecule has 0 heterocycles. The van der Waals surface area contributed by atoms with Gasteiger partial charge in [-0.15, -0.1) is 0 Å². The van der Waals surface area contributed by atoms with E-state index in [1.165, 1.54) is 6.42 Å². The minimum absolute atomic E-state index is 0.667. The van der Waals surface area contributed by atoms with Gasteiger partial charge in [0.1, 0.15) is 0 Å². The first-order valence-electron chi connectivity index (χ1n) is 4.65. The molecule has 0 radical (unpaired) electrons. The van der Waals surface area contributed by atoms with Crippen molar-refractivity contribution in [3.8, 4) is 0 Å². The van der Waals surface area contributed by atoms with Crippen molar-refractivity contribution in [1.82, 2.24) is 0 Å². The van der Waals surface area contributed by atoms with Crippen LogP contribution in [-0.4, -0.2) is 6.61 Å². The fourth-order valence-electron chi connectivity index (χ4n) is 1.06. The first kappa shape index (κ1) is 10.6. The molecule has 0 fully saturated rings. The van der Waals surface area contributed by atoms with E-state index in [0.29, 0.717) is 6.61 Å². The Hall–Kier alpha value is -0.530. The molecule has 1 aromatic rings. The van der Waals surface area contributed by atoms with Crippen molar-refractivity contribution in [2.75, 3.05) is 6.61 Å². The van der Waals surface area contributed by atoms with Crippen molar-refractivity contribution >= 4 is 11.6 Å². The van der Waals surface area contributed by atoms with Gasteiger partial charge in [0.15, 0.2) is 0 Å². The van der Waals surface area contributed by atoms with Crippen molar-refractivity contribution in [2.24, 2.45) is 0 Å². The molecule has 0 aliphatic heterocycles. The number of hydrogen-bond acceptors (Lipinski definition) is 1. The SMILES string of the molecule is CCCCOCc1cccc(Cl)c1. The lowest BCUT2D eigenvalue weighted by Crippen LogP contribution is -1.94. The second-order valence-corrected chi connectivity index (χ2v) is 3.47. The monoisotopic (exact) mass is 198 g/mol. The van der Waals surface area contributed by atoms with Crippen molar-refractivity contribution in [3.63, 3.8) is 0 Å². The summed E-state index contributed by atoms with van der Waals surface area (Å²) in [7, 11) is 0. The standard InChI is InChI=1S/C11H15ClO/c1-2-3-7-13-9-10-5-4-6-11(12)8-10/h4-6,8H,2-3,7,9H2,1H3. The van der Waals surface area contributed by atoms with Crippen LogP contribution in [0.15, 0.2) is 24.3 Å². The molecule has 2 heteroatoms. The molecule has 13 heavy (non-hydrogen) atoms. The lowest BCUT2D eigenvalue weighted by Gasteiger charge is -2.03. The molecule has 0 unspecified atom stereocenters. The van der Waals surface area contributed by atoms with Crippen LogP contribution in [0.3, 0.4) is 0 Å². The third-order valence-electron chi connectivity index (χ3n) is 1.80. The van der Waals surface area contributed by atoms with Gasteiger partial charge in [-0.3, -0.25) is 0 Å². The van der Waals surface area contributed by atoms with Crippen molar-refractivity contribution < 1.29 is 4.74 Å². The Morgan fingerprint density at radius 3 is 2.92 bits per heavy atom. The highest BCUT2D eigenvalue weighted by atomic mass is 35.5. The fourth-order valence-corrected chi connectivity index (χ4v) is 1.28. The Morgan fingerprint density at radius 2 is 2.23 bits per heavy atom. The van der Waals surface area contributed by atoms with Crippen LogP contribution in [0.2, 0.25) is 5.02 Å². The summed E-state index contributed by atoms with van der Waals surface area (Å²) in [6.45, 7) is 3.66. The Bertz CT molecular complexity index is 248. The van der Waals surface area contributed by atoms with Gasteiger partial charge < -0.3 is 4.74 Å². The number of ether oxygens (including phenoxy) is 1.